The summed E-state index contributed by atoms with van der Waals surface area (Å²) in [5.41, 5.74) is 2.63. The summed E-state index contributed by atoms with van der Waals surface area (Å²) in [5.74, 6) is -0.217. The molecule has 2 heterocycles. The number of nitrogens with zero attached hydrogens (tertiary/aromatic N) is 2. The van der Waals surface area contributed by atoms with E-state index in [1.54, 1.807) is 18.3 Å². The molecule has 0 spiro atoms. The van der Waals surface area contributed by atoms with Crippen LogP contribution >= 0.6 is 0 Å². The van der Waals surface area contributed by atoms with Crippen LogP contribution in [0.5, 0.6) is 0 Å². The zero-order valence-electron chi connectivity index (χ0n) is 14.2. The molecule has 1 atom stereocenters. The molecule has 0 fully saturated rings. The summed E-state index contributed by atoms with van der Waals surface area (Å²) >= 11 is 0. The van der Waals surface area contributed by atoms with E-state index in [-0.39, 0.29) is 11.7 Å². The van der Waals surface area contributed by atoms with E-state index in [0.717, 1.165) is 35.5 Å². The molecule has 2 aromatic carbocycles. The van der Waals surface area contributed by atoms with Gasteiger partial charge in [0.25, 0.3) is 0 Å². The Morgan fingerprint density at radius 2 is 1.67 bits per heavy atom. The molecule has 0 aromatic heterocycles. The van der Waals surface area contributed by atoms with Crippen LogP contribution in [0.15, 0.2) is 71.4 Å². The van der Waals surface area contributed by atoms with Crippen molar-refractivity contribution in [3.63, 3.8) is 0 Å². The van der Waals surface area contributed by atoms with Crippen molar-refractivity contribution >= 4 is 17.6 Å². The van der Waals surface area contributed by atoms with Crippen molar-refractivity contribution in [3.05, 3.63) is 83.3 Å². The summed E-state index contributed by atoms with van der Waals surface area (Å²) in [4.78, 5) is 6.21. The number of anilines is 1. The quantitative estimate of drug-likeness (QED) is 0.619. The Hall–Kier alpha value is -2.89. The van der Waals surface area contributed by atoms with E-state index in [0.29, 0.717) is 12.1 Å². The second-order valence-corrected chi connectivity index (χ2v) is 6.52. The average molecular weight is 372 g/mol. The maximum absolute atomic E-state index is 13.3. The van der Waals surface area contributed by atoms with E-state index in [2.05, 4.69) is 4.99 Å². The van der Waals surface area contributed by atoms with Gasteiger partial charge in [-0.2, -0.15) is 13.2 Å². The van der Waals surface area contributed by atoms with Gasteiger partial charge < -0.3 is 4.90 Å². The summed E-state index contributed by atoms with van der Waals surface area (Å²) in [6.07, 6.45) is 1.89. The fraction of sp³-hybridized carbons (Fsp3) is 0.190. The van der Waals surface area contributed by atoms with Gasteiger partial charge in [0.1, 0.15) is 5.82 Å². The number of hydrogen-bond acceptors (Lipinski definition) is 2. The normalized spacial score (nSPS) is 19.4. The fourth-order valence-electron chi connectivity index (χ4n) is 3.52. The van der Waals surface area contributed by atoms with E-state index in [1.165, 1.54) is 24.3 Å². The van der Waals surface area contributed by atoms with Gasteiger partial charge in [-0.1, -0.05) is 12.1 Å². The van der Waals surface area contributed by atoms with Crippen molar-refractivity contribution in [2.24, 2.45) is 10.9 Å². The van der Waals surface area contributed by atoms with Gasteiger partial charge in [-0.3, -0.25) is 4.99 Å². The monoisotopic (exact) mass is 372 g/mol. The second-order valence-electron chi connectivity index (χ2n) is 6.52. The summed E-state index contributed by atoms with van der Waals surface area (Å²) in [6, 6.07) is 11.3. The molecule has 0 N–H and O–H groups in total. The molecule has 1 unspecified atom stereocenters. The van der Waals surface area contributed by atoms with Gasteiger partial charge in [-0.25, -0.2) is 4.39 Å². The molecule has 0 amide bonds. The minimum absolute atomic E-state index is 0.115. The first kappa shape index (κ1) is 17.5. The van der Waals surface area contributed by atoms with Crippen molar-refractivity contribution in [2.75, 3.05) is 11.4 Å². The van der Waals surface area contributed by atoms with Crippen LogP contribution < -0.4 is 4.90 Å². The number of aliphatic imine (C=N–C) groups is 1. The van der Waals surface area contributed by atoms with Crippen molar-refractivity contribution in [3.8, 4) is 0 Å². The highest BCUT2D eigenvalue weighted by atomic mass is 19.4. The Balaban J connectivity index is 1.82. The summed E-state index contributed by atoms with van der Waals surface area (Å²) in [5, 5.41) is 0. The topological polar surface area (TPSA) is 15.6 Å². The number of rotatable bonds is 2. The van der Waals surface area contributed by atoms with E-state index in [4.69, 9.17) is 0 Å². The SMILES string of the molecule is Fc1ccc(N2CCC3C=NC=CC3=C2c2ccc(C(F)(F)F)cc2)cc1. The predicted molar refractivity (Wildman–Crippen MR) is 97.8 cm³/mol. The Bertz CT molecular complexity index is 922. The Kier molecular flexibility index (Phi) is 4.34. The van der Waals surface area contributed by atoms with E-state index in [1.807, 2.05) is 17.2 Å². The third-order valence-corrected chi connectivity index (χ3v) is 4.84. The minimum Gasteiger partial charge on any atom is -0.341 e. The molecule has 2 aromatic rings. The first-order valence-corrected chi connectivity index (χ1v) is 8.58. The van der Waals surface area contributed by atoms with E-state index in [9.17, 15) is 17.6 Å². The third kappa shape index (κ3) is 3.39. The third-order valence-electron chi connectivity index (χ3n) is 4.84. The molecule has 6 heteroatoms. The highest BCUT2D eigenvalue weighted by molar-refractivity contribution is 5.88. The molecule has 2 nitrogen and oxygen atoms in total. The molecule has 0 bridgehead atoms. The van der Waals surface area contributed by atoms with E-state index >= 15 is 0 Å². The standard InChI is InChI=1S/C21H16F4N2/c22-17-5-7-18(8-6-17)27-12-10-15-13-26-11-9-19(15)20(27)14-1-3-16(4-2-14)21(23,24)25/h1-9,11,13,15H,10,12H2. The van der Waals surface area contributed by atoms with Gasteiger partial charge in [0.15, 0.2) is 0 Å². The zero-order chi connectivity index (χ0) is 19.0. The number of alkyl halides is 3. The first-order valence-electron chi connectivity index (χ1n) is 8.58. The molecular weight excluding hydrogens is 356 g/mol. The molecule has 2 aliphatic rings. The Morgan fingerprint density at radius 3 is 2.33 bits per heavy atom. The van der Waals surface area contributed by atoms with Crippen molar-refractivity contribution in [1.29, 1.82) is 0 Å². The molecule has 2 aliphatic heterocycles. The lowest BCUT2D eigenvalue weighted by Crippen LogP contribution is -2.32. The maximum Gasteiger partial charge on any atom is 0.416 e. The fourth-order valence-corrected chi connectivity index (χ4v) is 3.52. The lowest BCUT2D eigenvalue weighted by molar-refractivity contribution is -0.137. The highest BCUT2D eigenvalue weighted by Crippen LogP contribution is 2.39. The van der Waals surface area contributed by atoms with Crippen LogP contribution in [0.4, 0.5) is 23.2 Å². The van der Waals surface area contributed by atoms with E-state index < -0.39 is 11.7 Å². The molecule has 0 radical (unpaired) electrons. The molecular formula is C21H16F4N2. The van der Waals surface area contributed by atoms with Crippen molar-refractivity contribution in [2.45, 2.75) is 12.6 Å². The zero-order valence-corrected chi connectivity index (χ0v) is 14.2. The van der Waals surface area contributed by atoms with Gasteiger partial charge in [0.2, 0.25) is 0 Å². The summed E-state index contributed by atoms with van der Waals surface area (Å²) in [6.45, 7) is 0.663. The number of allylic oxidation sites excluding steroid dienone is 2. The molecule has 27 heavy (non-hydrogen) atoms. The van der Waals surface area contributed by atoms with Crippen LogP contribution in [0.3, 0.4) is 0 Å². The van der Waals surface area contributed by atoms with Crippen LogP contribution in [-0.2, 0) is 6.18 Å². The number of fused-ring (bicyclic) bond motifs is 1. The molecule has 4 rings (SSSR count). The molecule has 0 saturated carbocycles. The van der Waals surface area contributed by atoms with Crippen LogP contribution in [0.1, 0.15) is 17.5 Å². The Labute approximate surface area is 154 Å². The lowest BCUT2D eigenvalue weighted by atomic mass is 9.86. The van der Waals surface area contributed by atoms with Crippen molar-refractivity contribution in [1.82, 2.24) is 0 Å². The largest absolute Gasteiger partial charge is 0.416 e. The van der Waals surface area contributed by atoms with Crippen LogP contribution in [0.25, 0.3) is 5.70 Å². The highest BCUT2D eigenvalue weighted by Gasteiger charge is 2.32. The number of hydrogen-bond donors (Lipinski definition) is 0. The van der Waals surface area contributed by atoms with Crippen LogP contribution in [0, 0.1) is 11.7 Å². The predicted octanol–water partition coefficient (Wildman–Crippen LogP) is 5.68. The van der Waals surface area contributed by atoms with Gasteiger partial charge in [0, 0.05) is 30.6 Å². The lowest BCUT2D eigenvalue weighted by Gasteiger charge is -2.37. The van der Waals surface area contributed by atoms with Gasteiger partial charge >= 0.3 is 6.18 Å². The molecule has 138 valence electrons. The van der Waals surface area contributed by atoms with Crippen molar-refractivity contribution < 1.29 is 17.6 Å². The second kappa shape index (κ2) is 6.68. The Morgan fingerprint density at radius 1 is 0.963 bits per heavy atom. The van der Waals surface area contributed by atoms with Crippen LogP contribution in [-0.4, -0.2) is 12.8 Å². The summed E-state index contributed by atoms with van der Waals surface area (Å²) < 4.78 is 52.1. The molecule has 0 saturated heterocycles. The minimum atomic E-state index is -4.38. The maximum atomic E-state index is 13.3. The average Bonchev–Trinajstić information content (AvgIpc) is 2.67. The number of benzene rings is 2. The summed E-state index contributed by atoms with van der Waals surface area (Å²) in [7, 11) is 0. The van der Waals surface area contributed by atoms with Gasteiger partial charge in [-0.15, -0.1) is 0 Å². The number of halogens is 4. The molecule has 0 aliphatic carbocycles. The van der Waals surface area contributed by atoms with Gasteiger partial charge in [-0.05, 0) is 60.0 Å². The van der Waals surface area contributed by atoms with Crippen LogP contribution in [0.2, 0.25) is 0 Å². The van der Waals surface area contributed by atoms with Gasteiger partial charge in [0.05, 0.1) is 11.3 Å². The smallest absolute Gasteiger partial charge is 0.341 e. The first-order chi connectivity index (χ1) is 12.9.